The number of ether oxygens (including phenoxy) is 1. The second-order valence-electron chi connectivity index (χ2n) is 11.9. The summed E-state index contributed by atoms with van der Waals surface area (Å²) in [5, 5.41) is 0. The lowest BCUT2D eigenvalue weighted by Gasteiger charge is -2.16. The Balaban J connectivity index is 1.33. The Labute approximate surface area is 245 Å². The predicted octanol–water partition coefficient (Wildman–Crippen LogP) is 10.9. The standard InChI is InChI=1S/C36H52N2OSi/c1-5-7-8-12-15-18-31-19-21-32(22-20-31)33-23-25-34(26-24-33)36-37-29-35(30-38-36)39-27-16-13-10-9-11-14-17-28-40(3,4)6-2/h6,19-26,29-30H,2,5,7-18,27-28H2,1,3-4H3. The highest BCUT2D eigenvalue weighted by Crippen LogP contribution is 2.25. The number of hydrogen-bond acceptors (Lipinski definition) is 3. The summed E-state index contributed by atoms with van der Waals surface area (Å²) >= 11 is 0. The van der Waals surface area contributed by atoms with Gasteiger partial charge in [-0.25, -0.2) is 9.97 Å². The molecule has 0 saturated heterocycles. The zero-order chi connectivity index (χ0) is 28.5. The number of rotatable bonds is 20. The molecule has 0 N–H and O–H groups in total. The minimum absolute atomic E-state index is 0.730. The fourth-order valence-electron chi connectivity index (χ4n) is 5.01. The quantitative estimate of drug-likeness (QED) is 0.102. The maximum atomic E-state index is 5.89. The first-order chi connectivity index (χ1) is 19.5. The highest BCUT2D eigenvalue weighted by molar-refractivity contribution is 6.82. The zero-order valence-corrected chi connectivity index (χ0v) is 26.5. The van der Waals surface area contributed by atoms with E-state index < -0.39 is 8.07 Å². The summed E-state index contributed by atoms with van der Waals surface area (Å²) in [5.41, 5.74) is 7.15. The summed E-state index contributed by atoms with van der Waals surface area (Å²) in [5.74, 6) is 1.48. The van der Waals surface area contributed by atoms with Crippen LogP contribution in [0.25, 0.3) is 22.5 Å². The molecule has 216 valence electrons. The molecule has 0 fully saturated rings. The smallest absolute Gasteiger partial charge is 0.159 e. The van der Waals surface area contributed by atoms with E-state index in [-0.39, 0.29) is 0 Å². The number of benzene rings is 2. The van der Waals surface area contributed by atoms with Crippen molar-refractivity contribution >= 4 is 8.07 Å². The van der Waals surface area contributed by atoms with Gasteiger partial charge in [0.15, 0.2) is 11.6 Å². The Hall–Kier alpha value is -2.72. The number of hydrogen-bond donors (Lipinski definition) is 0. The molecule has 40 heavy (non-hydrogen) atoms. The molecule has 3 aromatic rings. The molecular formula is C36H52N2OSi. The highest BCUT2D eigenvalue weighted by atomic mass is 28.3. The third-order valence-electron chi connectivity index (χ3n) is 7.91. The van der Waals surface area contributed by atoms with Gasteiger partial charge in [0, 0.05) is 5.56 Å². The largest absolute Gasteiger partial charge is 0.490 e. The lowest BCUT2D eigenvalue weighted by molar-refractivity contribution is 0.302. The van der Waals surface area contributed by atoms with Gasteiger partial charge in [-0.2, -0.15) is 0 Å². The molecule has 0 aliphatic rings. The Morgan fingerprint density at radius 2 is 1.20 bits per heavy atom. The summed E-state index contributed by atoms with van der Waals surface area (Å²) in [7, 11) is -1.10. The van der Waals surface area contributed by atoms with E-state index in [1.807, 2.05) is 0 Å². The van der Waals surface area contributed by atoms with Gasteiger partial charge < -0.3 is 4.74 Å². The molecular weight excluding hydrogens is 504 g/mol. The SMILES string of the molecule is C=C[Si](C)(C)CCCCCCCCCOc1cnc(-c2ccc(-c3ccc(CCCCCCC)cc3)cc2)nc1. The number of aryl methyl sites for hydroxylation is 1. The van der Waals surface area contributed by atoms with Gasteiger partial charge in [-0.1, -0.05) is 139 Å². The maximum Gasteiger partial charge on any atom is 0.159 e. The third-order valence-corrected chi connectivity index (χ3v) is 10.7. The van der Waals surface area contributed by atoms with Gasteiger partial charge in [-0.15, -0.1) is 12.3 Å². The average molecular weight is 557 g/mol. The first kappa shape index (κ1) is 31.8. The van der Waals surface area contributed by atoms with Gasteiger partial charge >= 0.3 is 0 Å². The molecule has 0 bridgehead atoms. The summed E-state index contributed by atoms with van der Waals surface area (Å²) in [6.45, 7) is 11.8. The van der Waals surface area contributed by atoms with E-state index >= 15 is 0 Å². The maximum absolute atomic E-state index is 5.89. The molecule has 0 unspecified atom stereocenters. The van der Waals surface area contributed by atoms with E-state index in [1.165, 1.54) is 99.8 Å². The van der Waals surface area contributed by atoms with Crippen molar-refractivity contribution in [2.24, 2.45) is 0 Å². The van der Waals surface area contributed by atoms with Gasteiger partial charge in [0.2, 0.25) is 0 Å². The monoisotopic (exact) mass is 556 g/mol. The molecule has 3 nitrogen and oxygen atoms in total. The van der Waals surface area contributed by atoms with Gasteiger partial charge in [0.05, 0.1) is 27.1 Å². The Kier molecular flexibility index (Phi) is 14.2. The van der Waals surface area contributed by atoms with Crippen LogP contribution in [0.4, 0.5) is 0 Å². The molecule has 1 heterocycles. The second-order valence-corrected chi connectivity index (χ2v) is 16.8. The minimum Gasteiger partial charge on any atom is -0.490 e. The van der Waals surface area contributed by atoms with Crippen molar-refractivity contribution in [1.82, 2.24) is 9.97 Å². The molecule has 1 aromatic heterocycles. The minimum atomic E-state index is -1.10. The van der Waals surface area contributed by atoms with Crippen molar-refractivity contribution in [1.29, 1.82) is 0 Å². The highest BCUT2D eigenvalue weighted by Gasteiger charge is 2.14. The Morgan fingerprint density at radius 3 is 1.82 bits per heavy atom. The molecule has 2 aromatic carbocycles. The van der Waals surface area contributed by atoms with Crippen molar-refractivity contribution in [3.63, 3.8) is 0 Å². The Morgan fingerprint density at radius 1 is 0.675 bits per heavy atom. The van der Waals surface area contributed by atoms with E-state index in [1.54, 1.807) is 12.4 Å². The number of unbranched alkanes of at least 4 members (excludes halogenated alkanes) is 10. The van der Waals surface area contributed by atoms with Gasteiger partial charge in [-0.3, -0.25) is 0 Å². The lowest BCUT2D eigenvalue weighted by Crippen LogP contribution is -2.21. The van der Waals surface area contributed by atoms with Crippen LogP contribution in [-0.2, 0) is 6.42 Å². The third kappa shape index (κ3) is 11.8. The van der Waals surface area contributed by atoms with Crippen molar-refractivity contribution in [2.75, 3.05) is 6.61 Å². The van der Waals surface area contributed by atoms with Crippen LogP contribution in [0.2, 0.25) is 19.1 Å². The molecule has 0 radical (unpaired) electrons. The van der Waals surface area contributed by atoms with Crippen LogP contribution in [0.5, 0.6) is 5.75 Å². The molecule has 0 saturated carbocycles. The Bertz CT molecular complexity index is 1090. The number of nitrogens with zero attached hydrogens (tertiary/aromatic N) is 2. The second kappa shape index (κ2) is 17.9. The zero-order valence-electron chi connectivity index (χ0n) is 25.5. The van der Waals surface area contributed by atoms with Crippen LogP contribution in [-0.4, -0.2) is 24.6 Å². The van der Waals surface area contributed by atoms with Gasteiger partial charge in [0.1, 0.15) is 0 Å². The predicted molar refractivity (Wildman–Crippen MR) is 176 cm³/mol. The van der Waals surface area contributed by atoms with Gasteiger partial charge in [0.25, 0.3) is 0 Å². The summed E-state index contributed by atoms with van der Waals surface area (Å²) in [6, 6.07) is 19.0. The van der Waals surface area contributed by atoms with Crippen molar-refractivity contribution < 1.29 is 4.74 Å². The normalized spacial score (nSPS) is 11.5. The molecule has 0 amide bonds. The van der Waals surface area contributed by atoms with Crippen molar-refractivity contribution in [3.05, 3.63) is 78.8 Å². The van der Waals surface area contributed by atoms with E-state index in [2.05, 4.69) is 90.8 Å². The molecule has 0 aliphatic heterocycles. The molecule has 0 spiro atoms. The summed E-state index contributed by atoms with van der Waals surface area (Å²) < 4.78 is 5.89. The first-order valence-electron chi connectivity index (χ1n) is 15.8. The van der Waals surface area contributed by atoms with E-state index in [9.17, 15) is 0 Å². The fourth-order valence-corrected chi connectivity index (χ4v) is 6.37. The average Bonchev–Trinajstić information content (AvgIpc) is 2.99. The van der Waals surface area contributed by atoms with Gasteiger partial charge in [-0.05, 0) is 36.0 Å². The van der Waals surface area contributed by atoms with Crippen LogP contribution in [0, 0.1) is 0 Å². The van der Waals surface area contributed by atoms with Crippen LogP contribution in [0.3, 0.4) is 0 Å². The number of aromatic nitrogens is 2. The molecule has 0 aliphatic carbocycles. The van der Waals surface area contributed by atoms with E-state index in [4.69, 9.17) is 4.74 Å². The van der Waals surface area contributed by atoms with Crippen molar-refractivity contribution in [2.45, 2.75) is 110 Å². The summed E-state index contributed by atoms with van der Waals surface area (Å²) in [6.07, 6.45) is 20.4. The van der Waals surface area contributed by atoms with E-state index in [0.29, 0.717) is 0 Å². The van der Waals surface area contributed by atoms with Crippen LogP contribution in [0.1, 0.15) is 89.5 Å². The van der Waals surface area contributed by atoms with Crippen molar-refractivity contribution in [3.8, 4) is 28.3 Å². The molecule has 3 rings (SSSR count). The first-order valence-corrected chi connectivity index (χ1v) is 19.1. The van der Waals surface area contributed by atoms with Crippen LogP contribution >= 0.6 is 0 Å². The lowest BCUT2D eigenvalue weighted by atomic mass is 10.00. The topological polar surface area (TPSA) is 35.0 Å². The fraction of sp³-hybridized carbons (Fsp3) is 0.500. The molecule has 4 heteroatoms. The molecule has 0 atom stereocenters. The summed E-state index contributed by atoms with van der Waals surface area (Å²) in [4.78, 5) is 9.10. The van der Waals surface area contributed by atoms with E-state index in [0.717, 1.165) is 30.2 Å². The van der Waals surface area contributed by atoms with Crippen LogP contribution < -0.4 is 4.74 Å². The van der Waals surface area contributed by atoms with Crippen LogP contribution in [0.15, 0.2) is 73.2 Å².